The van der Waals surface area contributed by atoms with Crippen LogP contribution in [0.15, 0.2) is 35.9 Å². The van der Waals surface area contributed by atoms with Crippen molar-refractivity contribution in [3.8, 4) is 10.6 Å². The first-order valence-electron chi connectivity index (χ1n) is 7.94. The molecule has 1 aromatic heterocycles. The Bertz CT molecular complexity index is 874. The molecule has 1 aliphatic heterocycles. The minimum Gasteiger partial charge on any atom is -0.423 e. The largest absolute Gasteiger partial charge is 0.423 e. The van der Waals surface area contributed by atoms with E-state index in [1.165, 1.54) is 11.3 Å². The van der Waals surface area contributed by atoms with Crippen LogP contribution in [-0.2, 0) is 16.0 Å². The fraction of sp³-hybridized carbons (Fsp3) is 0.333. The van der Waals surface area contributed by atoms with Crippen LogP contribution in [0.4, 0.5) is 0 Å². The first-order valence-corrected chi connectivity index (χ1v) is 9.52. The van der Waals surface area contributed by atoms with Crippen molar-refractivity contribution in [1.29, 1.82) is 0 Å². The molecular formula is C18H16Cl2N2O2S. The summed E-state index contributed by atoms with van der Waals surface area (Å²) in [7, 11) is 3.73. The molecule has 0 saturated carbocycles. The summed E-state index contributed by atoms with van der Waals surface area (Å²) < 4.78 is 3.98. The summed E-state index contributed by atoms with van der Waals surface area (Å²) in [4.78, 5) is 19.9. The summed E-state index contributed by atoms with van der Waals surface area (Å²) in [6, 6.07) is 9.58. The van der Waals surface area contributed by atoms with E-state index in [1.54, 1.807) is 0 Å². The Morgan fingerprint density at radius 2 is 1.96 bits per heavy atom. The van der Waals surface area contributed by atoms with Gasteiger partial charge in [0.05, 0.1) is 16.6 Å². The predicted octanol–water partition coefficient (Wildman–Crippen LogP) is 4.13. The number of esters is 1. The number of halogens is 2. The lowest BCUT2D eigenvalue weighted by molar-refractivity contribution is -0.139. The summed E-state index contributed by atoms with van der Waals surface area (Å²) in [6.45, 7) is 0. The molecule has 0 bridgehead atoms. The molecule has 0 fully saturated rings. The fourth-order valence-corrected chi connectivity index (χ4v) is 5.28. The van der Waals surface area contributed by atoms with Gasteiger partial charge in [-0.05, 0) is 32.5 Å². The van der Waals surface area contributed by atoms with Gasteiger partial charge in [-0.3, -0.25) is 4.90 Å². The van der Waals surface area contributed by atoms with Gasteiger partial charge in [0.25, 0.3) is 0 Å². The molecule has 1 atom stereocenters. The van der Waals surface area contributed by atoms with Crippen molar-refractivity contribution in [2.75, 3.05) is 14.1 Å². The smallest absolute Gasteiger partial charge is 0.350 e. The van der Waals surface area contributed by atoms with E-state index < -0.39 is 16.3 Å². The van der Waals surface area contributed by atoms with E-state index in [2.05, 4.69) is 0 Å². The van der Waals surface area contributed by atoms with Crippen LogP contribution in [0, 0.1) is 0 Å². The topological polar surface area (TPSA) is 42.4 Å². The highest BCUT2D eigenvalue weighted by atomic mass is 35.5. The third kappa shape index (κ3) is 2.70. The molecular weight excluding hydrogens is 379 g/mol. The number of aryl methyl sites for hydroxylation is 1. The Morgan fingerprint density at radius 1 is 1.24 bits per heavy atom. The Hall–Kier alpha value is -1.40. The Labute approximate surface area is 160 Å². The van der Waals surface area contributed by atoms with Crippen LogP contribution in [0.2, 0.25) is 0 Å². The van der Waals surface area contributed by atoms with Crippen molar-refractivity contribution in [3.63, 3.8) is 0 Å². The monoisotopic (exact) mass is 394 g/mol. The summed E-state index contributed by atoms with van der Waals surface area (Å²) in [5.41, 5.74) is 2.98. The summed E-state index contributed by atoms with van der Waals surface area (Å²) in [5, 5.41) is 0.922. The van der Waals surface area contributed by atoms with Crippen LogP contribution in [0.25, 0.3) is 16.3 Å². The highest BCUT2D eigenvalue weighted by Gasteiger charge is 2.53. The van der Waals surface area contributed by atoms with Gasteiger partial charge < -0.3 is 4.74 Å². The van der Waals surface area contributed by atoms with Crippen molar-refractivity contribution >= 4 is 46.3 Å². The number of aromatic nitrogens is 1. The standard InChI is InChI=1S/C18H16Cl2N2O2S/c1-22(2)15-11-8-9-12-14(13(11)24-17(23)18(15,19)20)25-16(21-12)10-6-4-3-5-7-10/h3-7,15H,8-9H2,1-2H3. The number of alkyl halides is 2. The lowest BCUT2D eigenvalue weighted by Gasteiger charge is -2.40. The van der Waals surface area contributed by atoms with Gasteiger partial charge in [-0.25, -0.2) is 9.78 Å². The zero-order valence-electron chi connectivity index (χ0n) is 13.8. The lowest BCUT2D eigenvalue weighted by Crippen LogP contribution is -2.53. The van der Waals surface area contributed by atoms with Crippen LogP contribution < -0.4 is 0 Å². The third-order valence-electron chi connectivity index (χ3n) is 4.50. The minimum atomic E-state index is -1.60. The Kier molecular flexibility index (Phi) is 4.15. The molecule has 0 N–H and O–H groups in total. The molecule has 25 heavy (non-hydrogen) atoms. The Morgan fingerprint density at radius 3 is 2.64 bits per heavy atom. The van der Waals surface area contributed by atoms with E-state index in [-0.39, 0.29) is 0 Å². The molecule has 7 heteroatoms. The number of carbonyl (C=O) groups excluding carboxylic acids is 1. The molecule has 2 aliphatic rings. The normalized spacial score (nSPS) is 21.8. The lowest BCUT2D eigenvalue weighted by atomic mass is 9.89. The highest BCUT2D eigenvalue weighted by molar-refractivity contribution is 7.16. The van der Waals surface area contributed by atoms with Crippen LogP contribution in [-0.4, -0.2) is 40.3 Å². The number of likely N-dealkylation sites (N-methyl/N-ethyl adjacent to an activating group) is 1. The molecule has 1 unspecified atom stereocenters. The number of hydrogen-bond acceptors (Lipinski definition) is 5. The van der Waals surface area contributed by atoms with Gasteiger partial charge in [-0.2, -0.15) is 0 Å². The van der Waals surface area contributed by atoms with Crippen LogP contribution >= 0.6 is 34.5 Å². The zero-order chi connectivity index (χ0) is 17.8. The molecule has 130 valence electrons. The SMILES string of the molecule is CN(C)C1C2=C(OC(=O)C1(Cl)Cl)c1sc(-c3ccccc3)nc1CC2. The quantitative estimate of drug-likeness (QED) is 0.567. The number of benzene rings is 1. The molecule has 4 nitrogen and oxygen atoms in total. The molecule has 0 amide bonds. The van der Waals surface area contributed by atoms with Crippen LogP contribution in [0.1, 0.15) is 17.0 Å². The van der Waals surface area contributed by atoms with E-state index >= 15 is 0 Å². The molecule has 4 rings (SSSR count). The van der Waals surface area contributed by atoms with Crippen molar-refractivity contribution in [2.24, 2.45) is 0 Å². The molecule has 1 aromatic carbocycles. The average Bonchev–Trinajstić information content (AvgIpc) is 3.01. The van der Waals surface area contributed by atoms with Gasteiger partial charge in [0.2, 0.25) is 4.33 Å². The maximum atomic E-state index is 12.4. The number of thiazole rings is 1. The second-order valence-corrected chi connectivity index (χ2v) is 8.78. The zero-order valence-corrected chi connectivity index (χ0v) is 16.1. The number of ether oxygens (including phenoxy) is 1. The first-order chi connectivity index (χ1) is 11.9. The molecule has 2 aromatic rings. The number of rotatable bonds is 2. The van der Waals surface area contributed by atoms with Crippen molar-refractivity contribution in [2.45, 2.75) is 23.2 Å². The fourth-order valence-electron chi connectivity index (χ4n) is 3.42. The van der Waals surface area contributed by atoms with E-state index in [0.717, 1.165) is 39.6 Å². The van der Waals surface area contributed by atoms with Gasteiger partial charge in [-0.15, -0.1) is 11.3 Å². The van der Waals surface area contributed by atoms with E-state index in [0.29, 0.717) is 5.76 Å². The van der Waals surface area contributed by atoms with Crippen molar-refractivity contribution in [1.82, 2.24) is 9.88 Å². The van der Waals surface area contributed by atoms with Crippen LogP contribution in [0.5, 0.6) is 0 Å². The average molecular weight is 395 g/mol. The van der Waals surface area contributed by atoms with Gasteiger partial charge in [-0.1, -0.05) is 53.5 Å². The van der Waals surface area contributed by atoms with Gasteiger partial charge in [0.1, 0.15) is 5.01 Å². The number of hydrogen-bond donors (Lipinski definition) is 0. The van der Waals surface area contributed by atoms with Crippen molar-refractivity contribution in [3.05, 3.63) is 46.5 Å². The maximum absolute atomic E-state index is 12.4. The number of fused-ring (bicyclic) bond motifs is 2. The third-order valence-corrected chi connectivity index (χ3v) is 6.37. The summed E-state index contributed by atoms with van der Waals surface area (Å²) in [6.07, 6.45) is 1.50. The van der Waals surface area contributed by atoms with Crippen LogP contribution in [0.3, 0.4) is 0 Å². The maximum Gasteiger partial charge on any atom is 0.350 e. The molecule has 0 saturated heterocycles. The van der Waals surface area contributed by atoms with Crippen molar-refractivity contribution < 1.29 is 9.53 Å². The molecule has 2 heterocycles. The molecule has 1 aliphatic carbocycles. The Balaban J connectivity index is 1.84. The summed E-state index contributed by atoms with van der Waals surface area (Å²) in [5.74, 6) is -0.0441. The minimum absolute atomic E-state index is 0.414. The number of carbonyl (C=O) groups is 1. The highest BCUT2D eigenvalue weighted by Crippen LogP contribution is 2.48. The van der Waals surface area contributed by atoms with E-state index in [9.17, 15) is 4.79 Å². The first kappa shape index (κ1) is 17.0. The van der Waals surface area contributed by atoms with Gasteiger partial charge in [0, 0.05) is 5.56 Å². The summed E-state index contributed by atoms with van der Waals surface area (Å²) >= 11 is 14.2. The van der Waals surface area contributed by atoms with Gasteiger partial charge >= 0.3 is 5.97 Å². The second kappa shape index (κ2) is 6.09. The predicted molar refractivity (Wildman–Crippen MR) is 101 cm³/mol. The van der Waals surface area contributed by atoms with E-state index in [4.69, 9.17) is 32.9 Å². The van der Waals surface area contributed by atoms with Gasteiger partial charge in [0.15, 0.2) is 5.76 Å². The molecule has 0 spiro atoms. The second-order valence-electron chi connectivity index (χ2n) is 6.39. The van der Waals surface area contributed by atoms with E-state index in [1.807, 2.05) is 49.3 Å². The number of nitrogens with zero attached hydrogens (tertiary/aromatic N) is 2. The molecule has 0 radical (unpaired) electrons.